The average molecular weight is 567 g/mol. The Hall–Kier alpha value is -3.98. The molecule has 40 heavy (non-hydrogen) atoms. The van der Waals surface area contributed by atoms with Crippen LogP contribution in [0.15, 0.2) is 77.0 Å². The van der Waals surface area contributed by atoms with E-state index in [9.17, 15) is 14.9 Å². The van der Waals surface area contributed by atoms with Gasteiger partial charge in [-0.15, -0.1) is 5.11 Å². The van der Waals surface area contributed by atoms with Gasteiger partial charge in [-0.25, -0.2) is 0 Å². The second-order valence-corrected chi connectivity index (χ2v) is 10.7. The molecular formula is C30H35ClN4O5. The Morgan fingerprint density at radius 1 is 1.05 bits per heavy atom. The maximum absolute atomic E-state index is 12.2. The maximum atomic E-state index is 12.2. The van der Waals surface area contributed by atoms with E-state index in [1.54, 1.807) is 0 Å². The summed E-state index contributed by atoms with van der Waals surface area (Å²) in [5.74, 6) is 0.347. The van der Waals surface area contributed by atoms with Gasteiger partial charge >= 0.3 is 5.97 Å². The molecule has 0 saturated carbocycles. The first-order chi connectivity index (χ1) is 18.9. The fraction of sp³-hybridized carbons (Fsp3) is 0.367. The van der Waals surface area contributed by atoms with E-state index in [-0.39, 0.29) is 22.6 Å². The van der Waals surface area contributed by atoms with Crippen LogP contribution in [0, 0.1) is 16.0 Å². The first-order valence-corrected chi connectivity index (χ1v) is 13.5. The van der Waals surface area contributed by atoms with Crippen molar-refractivity contribution in [2.24, 2.45) is 16.1 Å². The van der Waals surface area contributed by atoms with Crippen LogP contribution in [-0.2, 0) is 16.0 Å². The molecule has 0 radical (unpaired) electrons. The Labute approximate surface area is 239 Å². The molecule has 0 N–H and O–H groups in total. The predicted octanol–water partition coefficient (Wildman–Crippen LogP) is 8.09. The van der Waals surface area contributed by atoms with E-state index in [1.165, 1.54) is 18.2 Å². The van der Waals surface area contributed by atoms with Gasteiger partial charge in [0.05, 0.1) is 28.1 Å². The van der Waals surface area contributed by atoms with E-state index >= 15 is 0 Å². The molecule has 0 spiro atoms. The highest BCUT2D eigenvalue weighted by molar-refractivity contribution is 6.33. The van der Waals surface area contributed by atoms with Crippen molar-refractivity contribution in [3.63, 3.8) is 0 Å². The molecule has 0 fully saturated rings. The number of halogens is 1. The lowest BCUT2D eigenvalue weighted by Gasteiger charge is -2.23. The first-order valence-electron chi connectivity index (χ1n) is 13.1. The largest absolute Gasteiger partial charge is 0.492 e. The van der Waals surface area contributed by atoms with E-state index in [2.05, 4.69) is 22.1 Å². The predicted molar refractivity (Wildman–Crippen MR) is 157 cm³/mol. The lowest BCUT2D eigenvalue weighted by molar-refractivity contribution is -0.384. The van der Waals surface area contributed by atoms with Crippen molar-refractivity contribution in [3.05, 3.63) is 87.4 Å². The Kier molecular flexibility index (Phi) is 10.6. The second-order valence-electron chi connectivity index (χ2n) is 10.3. The zero-order valence-corrected chi connectivity index (χ0v) is 24.2. The van der Waals surface area contributed by atoms with Crippen molar-refractivity contribution >= 4 is 40.3 Å². The van der Waals surface area contributed by atoms with E-state index in [1.807, 2.05) is 76.2 Å². The molecule has 3 aromatic rings. The number of carbonyl (C=O) groups excluding carboxylic acids is 1. The van der Waals surface area contributed by atoms with Gasteiger partial charge in [0.15, 0.2) is 0 Å². The van der Waals surface area contributed by atoms with Gasteiger partial charge in [-0.05, 0) is 82.1 Å². The fourth-order valence-corrected chi connectivity index (χ4v) is 4.05. The summed E-state index contributed by atoms with van der Waals surface area (Å²) in [7, 11) is 0. The average Bonchev–Trinajstić information content (AvgIpc) is 2.90. The van der Waals surface area contributed by atoms with Crippen molar-refractivity contribution in [2.75, 3.05) is 24.6 Å². The number of nitro groups is 1. The quantitative estimate of drug-likeness (QED) is 0.0948. The summed E-state index contributed by atoms with van der Waals surface area (Å²) >= 11 is 6.08. The minimum absolute atomic E-state index is 0.0983. The van der Waals surface area contributed by atoms with Crippen LogP contribution < -0.4 is 9.64 Å². The number of nitrogens with zero attached hydrogens (tertiary/aromatic N) is 4. The van der Waals surface area contributed by atoms with Crippen LogP contribution in [0.25, 0.3) is 0 Å². The summed E-state index contributed by atoms with van der Waals surface area (Å²) in [6.07, 6.45) is 0.606. The van der Waals surface area contributed by atoms with Gasteiger partial charge in [0, 0.05) is 24.4 Å². The summed E-state index contributed by atoms with van der Waals surface area (Å²) in [5, 5.41) is 19.3. The highest BCUT2D eigenvalue weighted by Gasteiger charge is 2.21. The molecule has 3 rings (SSSR count). The summed E-state index contributed by atoms with van der Waals surface area (Å²) in [4.78, 5) is 24.8. The third-order valence-electron chi connectivity index (χ3n) is 5.92. The van der Waals surface area contributed by atoms with E-state index in [0.29, 0.717) is 30.9 Å². The van der Waals surface area contributed by atoms with E-state index < -0.39 is 10.5 Å². The van der Waals surface area contributed by atoms with Crippen molar-refractivity contribution in [1.29, 1.82) is 0 Å². The van der Waals surface area contributed by atoms with Crippen molar-refractivity contribution in [1.82, 2.24) is 0 Å². The van der Waals surface area contributed by atoms with Crippen LogP contribution in [0.2, 0.25) is 5.02 Å². The third-order valence-corrected chi connectivity index (χ3v) is 6.22. The Morgan fingerprint density at radius 2 is 1.73 bits per heavy atom. The summed E-state index contributed by atoms with van der Waals surface area (Å²) < 4.78 is 11.4. The topological polar surface area (TPSA) is 107 Å². The SMILES string of the molecule is CCN(CCOc1ccc(CC(C)C(=O)OC(C)(C)C)cc1)c1ccc(N=Nc2ccc([N+](=O)[O-])cc2Cl)cc1. The van der Waals surface area contributed by atoms with Crippen LogP contribution in [0.1, 0.15) is 40.2 Å². The van der Waals surface area contributed by atoms with Gasteiger partial charge < -0.3 is 14.4 Å². The van der Waals surface area contributed by atoms with Gasteiger partial charge in [0.2, 0.25) is 0 Å². The number of nitro benzene ring substituents is 1. The summed E-state index contributed by atoms with van der Waals surface area (Å²) in [6, 6.07) is 19.5. The Morgan fingerprint density at radius 3 is 2.30 bits per heavy atom. The van der Waals surface area contributed by atoms with Crippen LogP contribution in [0.4, 0.5) is 22.7 Å². The number of anilines is 1. The molecule has 1 unspecified atom stereocenters. The minimum Gasteiger partial charge on any atom is -0.492 e. The maximum Gasteiger partial charge on any atom is 0.309 e. The number of ether oxygens (including phenoxy) is 2. The smallest absolute Gasteiger partial charge is 0.309 e. The van der Waals surface area contributed by atoms with Gasteiger partial charge in [-0.2, -0.15) is 5.11 Å². The molecule has 0 aliphatic carbocycles. The van der Waals surface area contributed by atoms with Crippen LogP contribution in [0.3, 0.4) is 0 Å². The first kappa shape index (κ1) is 30.6. The zero-order valence-electron chi connectivity index (χ0n) is 23.5. The molecule has 1 atom stereocenters. The van der Waals surface area contributed by atoms with Crippen molar-refractivity contribution < 1.29 is 19.2 Å². The number of hydrogen-bond donors (Lipinski definition) is 0. The number of azo groups is 1. The van der Waals surface area contributed by atoms with Crippen LogP contribution in [-0.4, -0.2) is 36.2 Å². The number of likely N-dealkylation sites (N-methyl/N-ethyl adjacent to an activating group) is 1. The monoisotopic (exact) mass is 566 g/mol. The fourth-order valence-electron chi connectivity index (χ4n) is 3.84. The molecule has 0 amide bonds. The molecule has 3 aromatic carbocycles. The van der Waals surface area contributed by atoms with Crippen LogP contribution in [0.5, 0.6) is 5.75 Å². The second kappa shape index (κ2) is 13.9. The molecule has 9 nitrogen and oxygen atoms in total. The number of hydrogen-bond acceptors (Lipinski definition) is 8. The highest BCUT2D eigenvalue weighted by Crippen LogP contribution is 2.31. The van der Waals surface area contributed by atoms with Gasteiger partial charge in [-0.1, -0.05) is 30.7 Å². The lowest BCUT2D eigenvalue weighted by Crippen LogP contribution is -2.28. The van der Waals surface area contributed by atoms with E-state index in [4.69, 9.17) is 21.1 Å². The molecule has 10 heteroatoms. The molecule has 0 aromatic heterocycles. The van der Waals surface area contributed by atoms with Crippen LogP contribution >= 0.6 is 11.6 Å². The third kappa shape index (κ3) is 9.34. The molecule has 0 aliphatic rings. The number of esters is 1. The number of rotatable bonds is 12. The minimum atomic E-state index is -0.511. The molecule has 212 valence electrons. The summed E-state index contributed by atoms with van der Waals surface area (Å²) in [6.45, 7) is 11.5. The highest BCUT2D eigenvalue weighted by atomic mass is 35.5. The molecule has 0 heterocycles. The molecular weight excluding hydrogens is 532 g/mol. The molecule has 0 aliphatic heterocycles. The lowest BCUT2D eigenvalue weighted by atomic mass is 10.0. The zero-order chi connectivity index (χ0) is 29.3. The van der Waals surface area contributed by atoms with Gasteiger partial charge in [0.25, 0.3) is 5.69 Å². The Bertz CT molecular complexity index is 1320. The number of non-ortho nitro benzene ring substituents is 1. The van der Waals surface area contributed by atoms with Crippen molar-refractivity contribution in [3.8, 4) is 5.75 Å². The molecule has 0 bridgehead atoms. The van der Waals surface area contributed by atoms with E-state index in [0.717, 1.165) is 23.5 Å². The summed E-state index contributed by atoms with van der Waals surface area (Å²) in [5.41, 5.74) is 2.47. The standard InChI is InChI=1S/C30H35ClN4O5/c1-6-34(17-18-39-26-14-7-22(8-15-26)19-21(2)29(36)40-30(3,4)5)24-11-9-23(10-12-24)32-33-28-16-13-25(35(37)38)20-27(28)31/h7-16,20-21H,6,17-19H2,1-5H3. The molecule has 0 saturated heterocycles. The number of carbonyl (C=O) groups is 1. The van der Waals surface area contributed by atoms with Crippen molar-refractivity contribution in [2.45, 2.75) is 46.6 Å². The Balaban J connectivity index is 1.50. The van der Waals surface area contributed by atoms with Gasteiger partial charge in [0.1, 0.15) is 23.6 Å². The normalized spacial score (nSPS) is 12.2. The van der Waals surface area contributed by atoms with Gasteiger partial charge in [-0.3, -0.25) is 14.9 Å². The number of benzene rings is 3.